The number of halogens is 1. The zero-order chi connectivity index (χ0) is 10.6. The number of hydrogen-bond donors (Lipinski definition) is 2. The second-order valence-corrected chi connectivity index (χ2v) is 3.59. The molecule has 0 aliphatic carbocycles. The fourth-order valence-corrected chi connectivity index (χ4v) is 1.20. The van der Waals surface area contributed by atoms with E-state index in [1.54, 1.807) is 24.3 Å². The van der Waals surface area contributed by atoms with Crippen molar-refractivity contribution in [3.8, 4) is 5.75 Å². The molecule has 3 nitrogen and oxygen atoms in total. The first kappa shape index (κ1) is 11.3. The van der Waals surface area contributed by atoms with Gasteiger partial charge in [0.25, 0.3) is 0 Å². The van der Waals surface area contributed by atoms with Crippen LogP contribution in [0.5, 0.6) is 5.75 Å². The van der Waals surface area contributed by atoms with Gasteiger partial charge in [-0.15, -0.1) is 0 Å². The summed E-state index contributed by atoms with van der Waals surface area (Å²) in [6.07, 6.45) is 0.137. The molecule has 0 saturated heterocycles. The van der Waals surface area contributed by atoms with Crippen molar-refractivity contribution in [2.75, 3.05) is 6.61 Å². The fourth-order valence-electron chi connectivity index (χ4n) is 1.02. The van der Waals surface area contributed by atoms with Crippen LogP contribution in [0.25, 0.3) is 0 Å². The van der Waals surface area contributed by atoms with Crippen LogP contribution in [0.1, 0.15) is 13.3 Å². The van der Waals surface area contributed by atoms with E-state index in [9.17, 15) is 5.11 Å². The van der Waals surface area contributed by atoms with Gasteiger partial charge in [-0.05, 0) is 12.1 Å². The zero-order valence-electron chi connectivity index (χ0n) is 7.90. The molecule has 0 radical (unpaired) electrons. The molecule has 0 heterocycles. The Kier molecular flexibility index (Phi) is 3.75. The van der Waals surface area contributed by atoms with E-state index in [1.165, 1.54) is 6.92 Å². The van der Waals surface area contributed by atoms with Crippen molar-refractivity contribution in [3.63, 3.8) is 0 Å². The van der Waals surface area contributed by atoms with Crippen LogP contribution in [-0.2, 0) is 0 Å². The van der Waals surface area contributed by atoms with Crippen molar-refractivity contribution in [2.45, 2.75) is 19.1 Å². The third kappa shape index (κ3) is 3.18. The van der Waals surface area contributed by atoms with Gasteiger partial charge in [0.1, 0.15) is 5.75 Å². The highest BCUT2D eigenvalue weighted by Crippen LogP contribution is 2.27. The maximum Gasteiger partial charge on any atom is 0.207 e. The fraction of sp³-hybridized carbons (Fsp3) is 0.400. The van der Waals surface area contributed by atoms with E-state index in [0.29, 0.717) is 10.8 Å². The molecule has 0 fully saturated rings. The van der Waals surface area contributed by atoms with E-state index in [1.807, 2.05) is 0 Å². The zero-order valence-corrected chi connectivity index (χ0v) is 8.66. The van der Waals surface area contributed by atoms with E-state index in [2.05, 4.69) is 0 Å². The molecule has 2 N–H and O–H groups in total. The molecule has 0 saturated carbocycles. The Bertz CT molecular complexity index is 299. The van der Waals surface area contributed by atoms with Gasteiger partial charge in [0.2, 0.25) is 5.79 Å². The van der Waals surface area contributed by atoms with Gasteiger partial charge in [-0.3, -0.25) is 0 Å². The molecule has 0 spiro atoms. The van der Waals surface area contributed by atoms with Crippen LogP contribution in [0.15, 0.2) is 24.3 Å². The summed E-state index contributed by atoms with van der Waals surface area (Å²) in [5.41, 5.74) is 0. The van der Waals surface area contributed by atoms with E-state index in [0.717, 1.165) is 0 Å². The van der Waals surface area contributed by atoms with Gasteiger partial charge in [-0.1, -0.05) is 23.7 Å². The minimum absolute atomic E-state index is 0.137. The summed E-state index contributed by atoms with van der Waals surface area (Å²) < 4.78 is 5.24. The van der Waals surface area contributed by atoms with E-state index in [4.69, 9.17) is 21.4 Å². The quantitative estimate of drug-likeness (QED) is 0.755. The Morgan fingerprint density at radius 3 is 2.64 bits per heavy atom. The molecule has 0 amide bonds. The maximum absolute atomic E-state index is 9.65. The molecule has 4 heteroatoms. The van der Waals surface area contributed by atoms with Gasteiger partial charge in [0.15, 0.2) is 0 Å². The van der Waals surface area contributed by atoms with Crippen LogP contribution in [0.2, 0.25) is 5.02 Å². The number of para-hydroxylation sites is 1. The molecule has 0 bridgehead atoms. The first-order chi connectivity index (χ1) is 6.55. The highest BCUT2D eigenvalue weighted by atomic mass is 35.5. The van der Waals surface area contributed by atoms with Crippen molar-refractivity contribution in [1.29, 1.82) is 0 Å². The van der Waals surface area contributed by atoms with Gasteiger partial charge in [-0.25, -0.2) is 0 Å². The highest BCUT2D eigenvalue weighted by molar-refractivity contribution is 6.32. The first-order valence-corrected chi connectivity index (χ1v) is 4.70. The standard InChI is InChI=1S/C10H13ClO3/c1-10(13,6-7-12)14-9-5-3-2-4-8(9)11/h2-5,12-13H,6-7H2,1H3. The molecule has 0 aliphatic rings. The molecular weight excluding hydrogens is 204 g/mol. The molecule has 1 atom stereocenters. The minimum Gasteiger partial charge on any atom is -0.461 e. The average Bonchev–Trinajstić information content (AvgIpc) is 2.08. The van der Waals surface area contributed by atoms with Crippen LogP contribution in [0, 0.1) is 0 Å². The number of aliphatic hydroxyl groups is 2. The number of hydrogen-bond acceptors (Lipinski definition) is 3. The summed E-state index contributed by atoms with van der Waals surface area (Å²) >= 11 is 5.83. The van der Waals surface area contributed by atoms with Gasteiger partial charge >= 0.3 is 0 Å². The molecule has 1 unspecified atom stereocenters. The number of aliphatic hydroxyl groups excluding tert-OH is 1. The van der Waals surface area contributed by atoms with Gasteiger partial charge < -0.3 is 14.9 Å². The topological polar surface area (TPSA) is 49.7 Å². The molecule has 14 heavy (non-hydrogen) atoms. The third-order valence-electron chi connectivity index (χ3n) is 1.74. The summed E-state index contributed by atoms with van der Waals surface area (Å²) in [6.45, 7) is 1.34. The van der Waals surface area contributed by atoms with Crippen LogP contribution in [-0.4, -0.2) is 22.6 Å². The number of ether oxygens (including phenoxy) is 1. The Labute approximate surface area is 87.9 Å². The van der Waals surface area contributed by atoms with Crippen molar-refractivity contribution in [2.24, 2.45) is 0 Å². The van der Waals surface area contributed by atoms with Crippen LogP contribution < -0.4 is 4.74 Å². The van der Waals surface area contributed by atoms with Crippen LogP contribution >= 0.6 is 11.6 Å². The summed E-state index contributed by atoms with van der Waals surface area (Å²) in [6, 6.07) is 6.87. The Balaban J connectivity index is 2.73. The second-order valence-electron chi connectivity index (χ2n) is 3.18. The molecule has 1 rings (SSSR count). The predicted octanol–water partition coefficient (Wildman–Crippen LogP) is 1.81. The summed E-state index contributed by atoms with van der Waals surface area (Å²) in [5, 5.41) is 18.8. The van der Waals surface area contributed by atoms with Crippen LogP contribution in [0.3, 0.4) is 0 Å². The normalized spacial score (nSPS) is 14.9. The lowest BCUT2D eigenvalue weighted by Crippen LogP contribution is -2.33. The highest BCUT2D eigenvalue weighted by Gasteiger charge is 2.22. The van der Waals surface area contributed by atoms with Crippen molar-refractivity contribution in [1.82, 2.24) is 0 Å². The summed E-state index contributed by atoms with van der Waals surface area (Å²) in [7, 11) is 0. The molecular formula is C10H13ClO3. The van der Waals surface area contributed by atoms with Crippen molar-refractivity contribution >= 4 is 11.6 Å². The van der Waals surface area contributed by atoms with E-state index < -0.39 is 5.79 Å². The largest absolute Gasteiger partial charge is 0.461 e. The summed E-state index contributed by atoms with van der Waals surface area (Å²) in [5.74, 6) is -0.979. The number of rotatable bonds is 4. The summed E-state index contributed by atoms with van der Waals surface area (Å²) in [4.78, 5) is 0. The lowest BCUT2D eigenvalue weighted by atomic mass is 10.2. The third-order valence-corrected chi connectivity index (χ3v) is 2.05. The molecule has 78 valence electrons. The van der Waals surface area contributed by atoms with Crippen molar-refractivity contribution < 1.29 is 14.9 Å². The van der Waals surface area contributed by atoms with Gasteiger partial charge in [0.05, 0.1) is 5.02 Å². The van der Waals surface area contributed by atoms with Crippen LogP contribution in [0.4, 0.5) is 0 Å². The van der Waals surface area contributed by atoms with E-state index >= 15 is 0 Å². The first-order valence-electron chi connectivity index (χ1n) is 4.32. The molecule has 1 aromatic rings. The van der Waals surface area contributed by atoms with E-state index in [-0.39, 0.29) is 13.0 Å². The average molecular weight is 217 g/mol. The monoisotopic (exact) mass is 216 g/mol. The minimum atomic E-state index is -1.39. The second kappa shape index (κ2) is 4.64. The predicted molar refractivity (Wildman–Crippen MR) is 54.4 cm³/mol. The van der Waals surface area contributed by atoms with Crippen molar-refractivity contribution in [3.05, 3.63) is 29.3 Å². The lowest BCUT2D eigenvalue weighted by molar-refractivity contribution is -0.132. The number of benzene rings is 1. The van der Waals surface area contributed by atoms with Gasteiger partial charge in [-0.2, -0.15) is 0 Å². The van der Waals surface area contributed by atoms with Gasteiger partial charge in [0, 0.05) is 20.0 Å². The Hall–Kier alpha value is -0.770. The lowest BCUT2D eigenvalue weighted by Gasteiger charge is -2.24. The SMILES string of the molecule is CC(O)(CCO)Oc1ccccc1Cl. The Morgan fingerprint density at radius 2 is 2.07 bits per heavy atom. The molecule has 1 aromatic carbocycles. The smallest absolute Gasteiger partial charge is 0.207 e. The molecule has 0 aromatic heterocycles. The maximum atomic E-state index is 9.65. The molecule has 0 aliphatic heterocycles. The Morgan fingerprint density at radius 1 is 1.43 bits per heavy atom.